The van der Waals surface area contributed by atoms with Crippen molar-refractivity contribution in [2.45, 2.75) is 46.3 Å². The Bertz CT molecular complexity index is 622. The van der Waals surface area contributed by atoms with Gasteiger partial charge < -0.3 is 15.0 Å². The van der Waals surface area contributed by atoms with Crippen molar-refractivity contribution in [2.75, 3.05) is 13.1 Å². The zero-order valence-corrected chi connectivity index (χ0v) is 15.1. The molecule has 0 saturated carbocycles. The SMILES string of the molecule is CC(C)(C)C(=O)[C@@H]1CCCN1C(=O)CNC(=O)OCc1ccccc1. The number of alkyl carbamates (subject to hydrolysis) is 1. The molecule has 1 atom stereocenters. The molecule has 1 heterocycles. The number of carbonyl (C=O) groups excluding carboxylic acids is 3. The van der Waals surface area contributed by atoms with E-state index in [1.807, 2.05) is 51.1 Å². The van der Waals surface area contributed by atoms with Gasteiger partial charge in [-0.3, -0.25) is 9.59 Å². The van der Waals surface area contributed by atoms with E-state index in [4.69, 9.17) is 4.74 Å². The highest BCUT2D eigenvalue weighted by Gasteiger charge is 2.38. The number of ether oxygens (including phenoxy) is 1. The predicted octanol–water partition coefficient (Wildman–Crippen LogP) is 2.52. The van der Waals surface area contributed by atoms with Gasteiger partial charge in [-0.1, -0.05) is 51.1 Å². The van der Waals surface area contributed by atoms with E-state index in [2.05, 4.69) is 5.32 Å². The molecular formula is C19H26N2O4. The van der Waals surface area contributed by atoms with Gasteiger partial charge in [0.05, 0.1) is 6.04 Å². The van der Waals surface area contributed by atoms with E-state index >= 15 is 0 Å². The number of amides is 2. The summed E-state index contributed by atoms with van der Waals surface area (Å²) in [5.41, 5.74) is 0.384. The lowest BCUT2D eigenvalue weighted by Crippen LogP contribution is -2.48. The topological polar surface area (TPSA) is 75.7 Å². The van der Waals surface area contributed by atoms with E-state index in [1.165, 1.54) is 0 Å². The van der Waals surface area contributed by atoms with Gasteiger partial charge in [0.1, 0.15) is 13.2 Å². The first kappa shape index (κ1) is 19.0. The molecular weight excluding hydrogens is 320 g/mol. The average Bonchev–Trinajstić information content (AvgIpc) is 3.06. The monoisotopic (exact) mass is 346 g/mol. The first-order valence-electron chi connectivity index (χ1n) is 8.57. The van der Waals surface area contributed by atoms with Crippen LogP contribution in [0.25, 0.3) is 0 Å². The third-order valence-corrected chi connectivity index (χ3v) is 4.21. The smallest absolute Gasteiger partial charge is 0.407 e. The van der Waals surface area contributed by atoms with Crippen LogP contribution in [0.2, 0.25) is 0 Å². The summed E-state index contributed by atoms with van der Waals surface area (Å²) in [5.74, 6) is -0.193. The number of Topliss-reactive ketones (excluding diaryl/α,β-unsaturated/α-hetero) is 1. The largest absolute Gasteiger partial charge is 0.445 e. The van der Waals surface area contributed by atoms with Crippen LogP contribution in [0.3, 0.4) is 0 Å². The summed E-state index contributed by atoms with van der Waals surface area (Å²) in [4.78, 5) is 38.2. The molecule has 136 valence electrons. The van der Waals surface area contributed by atoms with Crippen molar-refractivity contribution >= 4 is 17.8 Å². The van der Waals surface area contributed by atoms with Crippen LogP contribution in [-0.2, 0) is 20.9 Å². The predicted molar refractivity (Wildman–Crippen MR) is 93.8 cm³/mol. The fourth-order valence-electron chi connectivity index (χ4n) is 2.86. The number of likely N-dealkylation sites (tertiary alicyclic amines) is 1. The highest BCUT2D eigenvalue weighted by atomic mass is 16.5. The summed E-state index contributed by atoms with van der Waals surface area (Å²) >= 11 is 0. The normalized spacial score (nSPS) is 17.2. The quantitative estimate of drug-likeness (QED) is 0.889. The van der Waals surface area contributed by atoms with Crippen LogP contribution in [0, 0.1) is 5.41 Å². The number of benzene rings is 1. The first-order valence-corrected chi connectivity index (χ1v) is 8.57. The summed E-state index contributed by atoms with van der Waals surface area (Å²) in [6, 6.07) is 8.92. The molecule has 2 rings (SSSR count). The number of hydrogen-bond acceptors (Lipinski definition) is 4. The number of nitrogens with one attached hydrogen (secondary N) is 1. The lowest BCUT2D eigenvalue weighted by Gasteiger charge is -2.29. The van der Waals surface area contributed by atoms with E-state index in [9.17, 15) is 14.4 Å². The van der Waals surface area contributed by atoms with Crippen LogP contribution >= 0.6 is 0 Å². The Kier molecular flexibility index (Phi) is 6.17. The molecule has 0 unspecified atom stereocenters. The maximum absolute atomic E-state index is 12.5. The lowest BCUT2D eigenvalue weighted by atomic mass is 9.85. The molecule has 0 aliphatic carbocycles. The van der Waals surface area contributed by atoms with Crippen molar-refractivity contribution in [3.8, 4) is 0 Å². The molecule has 1 aromatic carbocycles. The van der Waals surface area contributed by atoms with Gasteiger partial charge in [-0.2, -0.15) is 0 Å². The highest BCUT2D eigenvalue weighted by Crippen LogP contribution is 2.26. The van der Waals surface area contributed by atoms with Crippen molar-refractivity contribution in [2.24, 2.45) is 5.41 Å². The fourth-order valence-corrected chi connectivity index (χ4v) is 2.86. The van der Waals surface area contributed by atoms with Crippen molar-refractivity contribution < 1.29 is 19.1 Å². The standard InChI is InChI=1S/C19H26N2O4/c1-19(2,3)17(23)15-10-7-11-21(15)16(22)12-20-18(24)25-13-14-8-5-4-6-9-14/h4-6,8-9,15H,7,10-13H2,1-3H3,(H,20,24)/t15-/m0/s1. The number of hydrogen-bond donors (Lipinski definition) is 1. The Balaban J connectivity index is 1.81. The Morgan fingerprint density at radius 2 is 1.88 bits per heavy atom. The van der Waals surface area contributed by atoms with Crippen LogP contribution in [0.5, 0.6) is 0 Å². The molecule has 6 heteroatoms. The van der Waals surface area contributed by atoms with Gasteiger partial charge in [0, 0.05) is 12.0 Å². The minimum absolute atomic E-state index is 0.0602. The molecule has 1 aliphatic heterocycles. The Labute approximate surface area is 148 Å². The molecule has 0 radical (unpaired) electrons. The van der Waals surface area contributed by atoms with E-state index in [0.29, 0.717) is 13.0 Å². The second kappa shape index (κ2) is 8.14. The summed E-state index contributed by atoms with van der Waals surface area (Å²) in [6.45, 7) is 6.10. The van der Waals surface area contributed by atoms with Crippen molar-refractivity contribution in [3.63, 3.8) is 0 Å². The number of carbonyl (C=O) groups is 3. The van der Waals surface area contributed by atoms with Crippen LogP contribution in [0.15, 0.2) is 30.3 Å². The van der Waals surface area contributed by atoms with Crippen molar-refractivity contribution in [1.29, 1.82) is 0 Å². The second-order valence-corrected chi connectivity index (χ2v) is 7.27. The molecule has 0 aromatic heterocycles. The minimum atomic E-state index is -0.643. The molecule has 1 aliphatic rings. The number of nitrogens with zero attached hydrogens (tertiary/aromatic N) is 1. The number of ketones is 1. The van der Waals surface area contributed by atoms with Gasteiger partial charge in [-0.25, -0.2) is 4.79 Å². The average molecular weight is 346 g/mol. The van der Waals surface area contributed by atoms with Crippen LogP contribution in [0.4, 0.5) is 4.79 Å². The van der Waals surface area contributed by atoms with E-state index in [0.717, 1.165) is 12.0 Å². The van der Waals surface area contributed by atoms with Crippen LogP contribution in [0.1, 0.15) is 39.2 Å². The molecule has 1 saturated heterocycles. The Morgan fingerprint density at radius 3 is 2.52 bits per heavy atom. The maximum Gasteiger partial charge on any atom is 0.407 e. The molecule has 25 heavy (non-hydrogen) atoms. The molecule has 1 fully saturated rings. The maximum atomic E-state index is 12.5. The molecule has 1 N–H and O–H groups in total. The number of rotatable bonds is 5. The van der Waals surface area contributed by atoms with Gasteiger partial charge in [-0.05, 0) is 18.4 Å². The second-order valence-electron chi connectivity index (χ2n) is 7.27. The highest BCUT2D eigenvalue weighted by molar-refractivity contribution is 5.93. The fraction of sp³-hybridized carbons (Fsp3) is 0.526. The molecule has 0 spiro atoms. The van der Waals surface area contributed by atoms with E-state index in [-0.39, 0.29) is 24.8 Å². The van der Waals surface area contributed by atoms with Crippen molar-refractivity contribution in [1.82, 2.24) is 10.2 Å². The third kappa shape index (κ3) is 5.31. The van der Waals surface area contributed by atoms with Gasteiger partial charge in [0.15, 0.2) is 5.78 Å². The van der Waals surface area contributed by atoms with Gasteiger partial charge >= 0.3 is 6.09 Å². The summed E-state index contributed by atoms with van der Waals surface area (Å²) in [7, 11) is 0. The summed E-state index contributed by atoms with van der Waals surface area (Å²) in [5, 5.41) is 2.46. The summed E-state index contributed by atoms with van der Waals surface area (Å²) in [6.07, 6.45) is 0.840. The molecule has 1 aromatic rings. The van der Waals surface area contributed by atoms with Crippen molar-refractivity contribution in [3.05, 3.63) is 35.9 Å². The lowest BCUT2D eigenvalue weighted by molar-refractivity contribution is -0.140. The zero-order valence-electron chi connectivity index (χ0n) is 15.1. The van der Waals surface area contributed by atoms with E-state index in [1.54, 1.807) is 4.90 Å². The molecule has 6 nitrogen and oxygen atoms in total. The minimum Gasteiger partial charge on any atom is -0.445 e. The Hall–Kier alpha value is -2.37. The van der Waals surface area contributed by atoms with Gasteiger partial charge in [-0.15, -0.1) is 0 Å². The molecule has 0 bridgehead atoms. The van der Waals surface area contributed by atoms with E-state index < -0.39 is 17.6 Å². The summed E-state index contributed by atoms with van der Waals surface area (Å²) < 4.78 is 5.08. The third-order valence-electron chi connectivity index (χ3n) is 4.21. The Morgan fingerprint density at radius 1 is 1.20 bits per heavy atom. The van der Waals surface area contributed by atoms with Gasteiger partial charge in [0.2, 0.25) is 5.91 Å². The van der Waals surface area contributed by atoms with Crippen LogP contribution in [-0.4, -0.2) is 41.8 Å². The first-order chi connectivity index (χ1) is 11.8. The van der Waals surface area contributed by atoms with Gasteiger partial charge in [0.25, 0.3) is 0 Å². The molecule has 2 amide bonds. The zero-order chi connectivity index (χ0) is 18.4. The van der Waals surface area contributed by atoms with Crippen LogP contribution < -0.4 is 5.32 Å².